The van der Waals surface area contributed by atoms with Gasteiger partial charge in [0.15, 0.2) is 0 Å². The van der Waals surface area contributed by atoms with Gasteiger partial charge in [0.05, 0.1) is 23.7 Å². The molecule has 0 aliphatic carbocycles. The largest absolute Gasteiger partial charge is 0.463 e. The molecule has 5 nitrogen and oxygen atoms in total. The fourth-order valence-electron chi connectivity index (χ4n) is 2.22. The molecule has 0 aromatic carbocycles. The molecule has 20 heavy (non-hydrogen) atoms. The number of likely N-dealkylation sites (tertiary alicyclic amines) is 1. The second-order valence-corrected chi connectivity index (χ2v) is 4.89. The van der Waals surface area contributed by atoms with Crippen LogP contribution in [0.15, 0.2) is 29.7 Å². The summed E-state index contributed by atoms with van der Waals surface area (Å²) >= 11 is 0. The van der Waals surface area contributed by atoms with Crippen molar-refractivity contribution in [3.63, 3.8) is 0 Å². The van der Waals surface area contributed by atoms with E-state index in [4.69, 9.17) is 10.00 Å². The van der Waals surface area contributed by atoms with Crippen molar-refractivity contribution in [2.45, 2.75) is 24.8 Å². The van der Waals surface area contributed by atoms with Gasteiger partial charge in [0.1, 0.15) is 12.4 Å². The number of nitrogens with zero attached hydrogens (tertiary/aromatic N) is 3. The van der Waals surface area contributed by atoms with E-state index in [1.54, 1.807) is 7.05 Å². The topological polar surface area (TPSA) is 60.7 Å². The molecule has 0 spiro atoms. The predicted molar refractivity (Wildman–Crippen MR) is 76.7 cm³/mol. The van der Waals surface area contributed by atoms with Crippen molar-refractivity contribution in [1.29, 1.82) is 5.26 Å². The Bertz CT molecular complexity index is 455. The molecule has 1 N–H and O–H groups in total. The maximum absolute atomic E-state index is 12.9. The molecule has 6 heteroatoms. The summed E-state index contributed by atoms with van der Waals surface area (Å²) in [5.74, 6) is -0.703. The van der Waals surface area contributed by atoms with Crippen LogP contribution in [0, 0.1) is 11.3 Å². The second kappa shape index (κ2) is 7.06. The minimum absolute atomic E-state index is 0.0801. The minimum Gasteiger partial charge on any atom is -0.463 e. The number of amidine groups is 1. The molecule has 1 saturated heterocycles. The first-order valence-electron chi connectivity index (χ1n) is 6.46. The van der Waals surface area contributed by atoms with Gasteiger partial charge < -0.3 is 10.1 Å². The normalized spacial score (nSPS) is 23.2. The van der Waals surface area contributed by atoms with Gasteiger partial charge in [-0.2, -0.15) is 10.3 Å². The highest BCUT2D eigenvalue weighted by atomic mass is 19.1. The van der Waals surface area contributed by atoms with Crippen LogP contribution in [0.2, 0.25) is 0 Å². The molecule has 110 valence electrons. The number of nitrogens with one attached hydrogen (secondary N) is 1. The Morgan fingerprint density at radius 1 is 1.60 bits per heavy atom. The standard InChI is InChI=1S/C14H21FN4O/c1-11(15)12(2)18-13(17-3)20-10-14(7-8-16)6-5-9-19(14)4/h1-2,5-7,9-10H2,3-4H3,(H,17,18). The molecule has 1 atom stereocenters. The fourth-order valence-corrected chi connectivity index (χ4v) is 2.22. The molecular formula is C14H21FN4O. The van der Waals surface area contributed by atoms with Crippen molar-refractivity contribution in [3.05, 3.63) is 24.7 Å². The van der Waals surface area contributed by atoms with Gasteiger partial charge in [-0.05, 0) is 26.4 Å². The van der Waals surface area contributed by atoms with Crippen molar-refractivity contribution in [1.82, 2.24) is 10.2 Å². The van der Waals surface area contributed by atoms with E-state index < -0.39 is 5.83 Å². The van der Waals surface area contributed by atoms with Crippen LogP contribution in [0.5, 0.6) is 0 Å². The molecule has 1 unspecified atom stereocenters. The lowest BCUT2D eigenvalue weighted by atomic mass is 9.94. The van der Waals surface area contributed by atoms with Crippen LogP contribution in [-0.2, 0) is 4.74 Å². The van der Waals surface area contributed by atoms with E-state index in [0.29, 0.717) is 13.0 Å². The van der Waals surface area contributed by atoms with Crippen LogP contribution in [0.3, 0.4) is 0 Å². The van der Waals surface area contributed by atoms with Crippen LogP contribution in [0.4, 0.5) is 4.39 Å². The highest BCUT2D eigenvalue weighted by molar-refractivity contribution is 5.74. The maximum Gasteiger partial charge on any atom is 0.289 e. The first-order chi connectivity index (χ1) is 9.45. The number of ether oxygens (including phenoxy) is 1. The number of likely N-dealkylation sites (N-methyl/N-ethyl adjacent to an activating group) is 1. The Kier molecular flexibility index (Phi) is 5.71. The average molecular weight is 280 g/mol. The summed E-state index contributed by atoms with van der Waals surface area (Å²) in [4.78, 5) is 6.02. The molecule has 0 aromatic heterocycles. The Hall–Kier alpha value is -1.87. The van der Waals surface area contributed by atoms with E-state index in [1.165, 1.54) is 0 Å². The van der Waals surface area contributed by atoms with Gasteiger partial charge in [-0.25, -0.2) is 4.39 Å². The summed E-state index contributed by atoms with van der Waals surface area (Å²) < 4.78 is 18.5. The zero-order chi connectivity index (χ0) is 15.2. The summed E-state index contributed by atoms with van der Waals surface area (Å²) in [5.41, 5.74) is -0.385. The molecule has 1 aliphatic heterocycles. The quantitative estimate of drug-likeness (QED) is 0.475. The van der Waals surface area contributed by atoms with Gasteiger partial charge in [-0.15, -0.1) is 0 Å². The number of nitriles is 1. The summed E-state index contributed by atoms with van der Waals surface area (Å²) in [5, 5.41) is 11.7. The van der Waals surface area contributed by atoms with Gasteiger partial charge >= 0.3 is 0 Å². The molecule has 0 radical (unpaired) electrons. The third-order valence-electron chi connectivity index (χ3n) is 3.59. The molecule has 0 bridgehead atoms. The molecule has 1 fully saturated rings. The molecule has 0 amide bonds. The second-order valence-electron chi connectivity index (χ2n) is 4.89. The average Bonchev–Trinajstić information content (AvgIpc) is 2.76. The predicted octanol–water partition coefficient (Wildman–Crippen LogP) is 1.95. The van der Waals surface area contributed by atoms with Crippen LogP contribution in [0.1, 0.15) is 19.3 Å². The number of rotatable bonds is 5. The molecule has 1 aliphatic rings. The van der Waals surface area contributed by atoms with Crippen LogP contribution >= 0.6 is 0 Å². The fraction of sp³-hybridized carbons (Fsp3) is 0.571. The lowest BCUT2D eigenvalue weighted by molar-refractivity contribution is 0.0918. The van der Waals surface area contributed by atoms with E-state index >= 15 is 0 Å². The van der Waals surface area contributed by atoms with Crippen molar-refractivity contribution in [2.75, 3.05) is 27.2 Å². The first-order valence-corrected chi connectivity index (χ1v) is 6.46. The number of hydrogen-bond donors (Lipinski definition) is 1. The van der Waals surface area contributed by atoms with Crippen molar-refractivity contribution in [3.8, 4) is 6.07 Å². The SMILES string of the molecule is C=C(F)C(=C)/N=C(\NC)OCC1(CC#N)CCCN1C. The summed E-state index contributed by atoms with van der Waals surface area (Å²) in [7, 11) is 3.61. The molecular weight excluding hydrogens is 259 g/mol. The van der Waals surface area contributed by atoms with Gasteiger partial charge in [-0.1, -0.05) is 13.2 Å². The van der Waals surface area contributed by atoms with E-state index in [0.717, 1.165) is 19.4 Å². The summed E-state index contributed by atoms with van der Waals surface area (Å²) in [6.07, 6.45) is 2.31. The Labute approximate surface area is 119 Å². The third kappa shape index (κ3) is 3.81. The smallest absolute Gasteiger partial charge is 0.289 e. The molecule has 1 heterocycles. The highest BCUT2D eigenvalue weighted by Crippen LogP contribution is 2.31. The Balaban J connectivity index is 2.74. The van der Waals surface area contributed by atoms with Crippen LogP contribution < -0.4 is 5.32 Å². The van der Waals surface area contributed by atoms with E-state index in [1.807, 2.05) is 7.05 Å². The molecule has 0 aromatic rings. The number of halogens is 1. The van der Waals surface area contributed by atoms with Gasteiger partial charge in [0.25, 0.3) is 6.02 Å². The Morgan fingerprint density at radius 2 is 2.30 bits per heavy atom. The van der Waals surface area contributed by atoms with Crippen molar-refractivity contribution < 1.29 is 9.13 Å². The number of hydrogen-bond acceptors (Lipinski definition) is 4. The monoisotopic (exact) mass is 280 g/mol. The molecule has 1 rings (SSSR count). The summed E-state index contributed by atoms with van der Waals surface area (Å²) in [6, 6.07) is 2.38. The summed E-state index contributed by atoms with van der Waals surface area (Å²) in [6.45, 7) is 7.83. The Morgan fingerprint density at radius 3 is 2.75 bits per heavy atom. The maximum atomic E-state index is 12.9. The van der Waals surface area contributed by atoms with Gasteiger partial charge in [-0.3, -0.25) is 4.90 Å². The zero-order valence-electron chi connectivity index (χ0n) is 12.1. The molecule has 0 saturated carbocycles. The minimum atomic E-state index is -0.703. The lowest BCUT2D eigenvalue weighted by Crippen LogP contribution is -2.46. The van der Waals surface area contributed by atoms with Crippen LogP contribution in [0.25, 0.3) is 0 Å². The van der Waals surface area contributed by atoms with Crippen molar-refractivity contribution >= 4 is 6.02 Å². The number of allylic oxidation sites excluding steroid dienone is 1. The van der Waals surface area contributed by atoms with E-state index in [9.17, 15) is 4.39 Å². The lowest BCUT2D eigenvalue weighted by Gasteiger charge is -2.33. The van der Waals surface area contributed by atoms with Crippen LogP contribution in [-0.4, -0.2) is 43.7 Å². The first kappa shape index (κ1) is 16.2. The third-order valence-corrected chi connectivity index (χ3v) is 3.59. The van der Waals surface area contributed by atoms with E-state index in [2.05, 4.69) is 34.4 Å². The van der Waals surface area contributed by atoms with Crippen molar-refractivity contribution in [2.24, 2.45) is 4.99 Å². The van der Waals surface area contributed by atoms with E-state index in [-0.39, 0.29) is 17.3 Å². The van der Waals surface area contributed by atoms with Gasteiger partial charge in [0.2, 0.25) is 0 Å². The number of aliphatic imine (C=N–C) groups is 1. The van der Waals surface area contributed by atoms with Gasteiger partial charge in [0, 0.05) is 7.05 Å². The zero-order valence-corrected chi connectivity index (χ0v) is 12.1. The highest BCUT2D eigenvalue weighted by Gasteiger charge is 2.39.